The van der Waals surface area contributed by atoms with Crippen LogP contribution in [0.5, 0.6) is 0 Å². The van der Waals surface area contributed by atoms with Crippen LogP contribution in [0.2, 0.25) is 0 Å². The molecule has 0 saturated heterocycles. The molecule has 2 N–H and O–H groups in total. The largest absolute Gasteiger partial charge is 0.446 e. The van der Waals surface area contributed by atoms with Crippen LogP contribution >= 0.6 is 11.3 Å². The molecule has 0 aliphatic carbocycles. The molecule has 7 heteroatoms. The van der Waals surface area contributed by atoms with E-state index in [4.69, 9.17) is 4.42 Å². The van der Waals surface area contributed by atoms with Crippen molar-refractivity contribution >= 4 is 27.0 Å². The van der Waals surface area contributed by atoms with Gasteiger partial charge in [-0.05, 0) is 30.6 Å². The SMILES string of the molecule is CNS(=O)(=O)c1ccc(CNc2ccsc2)o1. The predicted octanol–water partition coefficient (Wildman–Crippen LogP) is 1.86. The first-order chi connectivity index (χ1) is 8.12. The Labute approximate surface area is 104 Å². The summed E-state index contributed by atoms with van der Waals surface area (Å²) in [4.78, 5) is 0. The first-order valence-electron chi connectivity index (χ1n) is 4.90. The summed E-state index contributed by atoms with van der Waals surface area (Å²) >= 11 is 1.59. The molecule has 2 aromatic heterocycles. The van der Waals surface area contributed by atoms with Crippen LogP contribution in [0, 0.1) is 0 Å². The van der Waals surface area contributed by atoms with Crippen molar-refractivity contribution in [3.05, 3.63) is 34.7 Å². The van der Waals surface area contributed by atoms with Gasteiger partial charge in [-0.15, -0.1) is 0 Å². The standard InChI is InChI=1S/C10H12N2O3S2/c1-11-17(13,14)10-3-2-9(15-10)6-12-8-4-5-16-7-8/h2-5,7,11-12H,6H2,1H3. The zero-order chi connectivity index (χ0) is 12.3. The van der Waals surface area contributed by atoms with Gasteiger partial charge in [0.15, 0.2) is 0 Å². The Balaban J connectivity index is 2.04. The molecular formula is C10H12N2O3S2. The Bertz CT molecular complexity index is 572. The number of anilines is 1. The van der Waals surface area contributed by atoms with E-state index >= 15 is 0 Å². The third-order valence-corrected chi connectivity index (χ3v) is 4.13. The molecule has 0 radical (unpaired) electrons. The highest BCUT2D eigenvalue weighted by atomic mass is 32.2. The number of nitrogens with one attached hydrogen (secondary N) is 2. The molecule has 0 aliphatic heterocycles. The lowest BCUT2D eigenvalue weighted by Crippen LogP contribution is -2.17. The van der Waals surface area contributed by atoms with Crippen LogP contribution in [-0.4, -0.2) is 15.5 Å². The average molecular weight is 272 g/mol. The zero-order valence-electron chi connectivity index (χ0n) is 9.14. The van der Waals surface area contributed by atoms with Gasteiger partial charge in [0.2, 0.25) is 5.09 Å². The summed E-state index contributed by atoms with van der Waals surface area (Å²) in [7, 11) is -2.14. The van der Waals surface area contributed by atoms with Gasteiger partial charge in [0.1, 0.15) is 5.76 Å². The Morgan fingerprint density at radius 1 is 1.35 bits per heavy atom. The molecule has 0 amide bonds. The van der Waals surface area contributed by atoms with Gasteiger partial charge in [-0.3, -0.25) is 0 Å². The number of rotatable bonds is 5. The number of sulfonamides is 1. The van der Waals surface area contributed by atoms with Crippen molar-refractivity contribution in [2.24, 2.45) is 0 Å². The quantitative estimate of drug-likeness (QED) is 0.871. The maximum atomic E-state index is 11.4. The lowest BCUT2D eigenvalue weighted by atomic mass is 10.4. The maximum Gasteiger partial charge on any atom is 0.273 e. The molecule has 5 nitrogen and oxygen atoms in total. The minimum absolute atomic E-state index is 0.0675. The molecule has 2 aromatic rings. The van der Waals surface area contributed by atoms with E-state index in [1.54, 1.807) is 17.4 Å². The second kappa shape index (κ2) is 4.91. The molecule has 2 heterocycles. The van der Waals surface area contributed by atoms with Crippen molar-refractivity contribution in [3.63, 3.8) is 0 Å². The molecular weight excluding hydrogens is 260 g/mol. The topological polar surface area (TPSA) is 71.3 Å². The van der Waals surface area contributed by atoms with E-state index in [1.165, 1.54) is 13.1 Å². The van der Waals surface area contributed by atoms with E-state index in [1.807, 2.05) is 16.8 Å². The average Bonchev–Trinajstić information content (AvgIpc) is 2.97. The van der Waals surface area contributed by atoms with Crippen LogP contribution in [0.4, 0.5) is 5.69 Å². The van der Waals surface area contributed by atoms with Crippen LogP contribution in [0.1, 0.15) is 5.76 Å². The molecule has 2 rings (SSSR count). The van der Waals surface area contributed by atoms with Crippen LogP contribution in [0.25, 0.3) is 0 Å². The van der Waals surface area contributed by atoms with E-state index in [0.29, 0.717) is 12.3 Å². The van der Waals surface area contributed by atoms with Crippen molar-refractivity contribution in [1.29, 1.82) is 0 Å². The van der Waals surface area contributed by atoms with Crippen LogP contribution < -0.4 is 10.0 Å². The smallest absolute Gasteiger partial charge is 0.273 e. The number of thiophene rings is 1. The van der Waals surface area contributed by atoms with Crippen molar-refractivity contribution in [3.8, 4) is 0 Å². The molecule has 0 saturated carbocycles. The number of hydrogen-bond acceptors (Lipinski definition) is 5. The highest BCUT2D eigenvalue weighted by molar-refractivity contribution is 7.89. The number of hydrogen-bond donors (Lipinski definition) is 2. The van der Waals surface area contributed by atoms with Crippen LogP contribution in [0.3, 0.4) is 0 Å². The minimum atomic E-state index is -3.49. The lowest BCUT2D eigenvalue weighted by molar-refractivity contribution is 0.417. The van der Waals surface area contributed by atoms with E-state index in [0.717, 1.165) is 5.69 Å². The van der Waals surface area contributed by atoms with Gasteiger partial charge in [-0.2, -0.15) is 11.3 Å². The Morgan fingerprint density at radius 3 is 2.82 bits per heavy atom. The van der Waals surface area contributed by atoms with E-state index < -0.39 is 10.0 Å². The van der Waals surface area contributed by atoms with Gasteiger partial charge in [0.05, 0.1) is 6.54 Å². The summed E-state index contributed by atoms with van der Waals surface area (Å²) in [6.07, 6.45) is 0. The van der Waals surface area contributed by atoms with Crippen LogP contribution in [-0.2, 0) is 16.6 Å². The monoisotopic (exact) mass is 272 g/mol. The summed E-state index contributed by atoms with van der Waals surface area (Å²) in [5.41, 5.74) is 0.990. The van der Waals surface area contributed by atoms with Crippen molar-refractivity contribution in [2.75, 3.05) is 12.4 Å². The molecule has 0 unspecified atom stereocenters. The summed E-state index contributed by atoms with van der Waals surface area (Å²) in [6.45, 7) is 0.454. The molecule has 17 heavy (non-hydrogen) atoms. The molecule has 92 valence electrons. The highest BCUT2D eigenvalue weighted by Crippen LogP contribution is 2.16. The minimum Gasteiger partial charge on any atom is -0.446 e. The first-order valence-corrected chi connectivity index (χ1v) is 7.33. The predicted molar refractivity (Wildman–Crippen MR) is 66.6 cm³/mol. The maximum absolute atomic E-state index is 11.4. The second-order valence-corrected chi connectivity index (χ2v) is 5.89. The number of furan rings is 1. The highest BCUT2D eigenvalue weighted by Gasteiger charge is 2.15. The van der Waals surface area contributed by atoms with E-state index in [9.17, 15) is 8.42 Å². The summed E-state index contributed by atoms with van der Waals surface area (Å²) in [5, 5.41) is 6.98. The fourth-order valence-electron chi connectivity index (χ4n) is 1.25. The van der Waals surface area contributed by atoms with Crippen molar-refractivity contribution in [2.45, 2.75) is 11.6 Å². The van der Waals surface area contributed by atoms with Gasteiger partial charge in [-0.25, -0.2) is 13.1 Å². The van der Waals surface area contributed by atoms with E-state index in [-0.39, 0.29) is 5.09 Å². The van der Waals surface area contributed by atoms with Crippen molar-refractivity contribution in [1.82, 2.24) is 4.72 Å². The molecule has 0 bridgehead atoms. The van der Waals surface area contributed by atoms with Gasteiger partial charge in [-0.1, -0.05) is 0 Å². The fourth-order valence-corrected chi connectivity index (χ4v) is 2.53. The molecule has 0 atom stereocenters. The van der Waals surface area contributed by atoms with Gasteiger partial charge >= 0.3 is 0 Å². The Hall–Kier alpha value is -1.31. The van der Waals surface area contributed by atoms with Crippen molar-refractivity contribution < 1.29 is 12.8 Å². The summed E-state index contributed by atoms with van der Waals surface area (Å²) in [5.74, 6) is 0.574. The third kappa shape index (κ3) is 2.87. The fraction of sp³-hybridized carbons (Fsp3) is 0.200. The third-order valence-electron chi connectivity index (χ3n) is 2.16. The summed E-state index contributed by atoms with van der Waals surface area (Å²) in [6, 6.07) is 5.03. The Kier molecular flexibility index (Phi) is 3.51. The molecule has 0 aliphatic rings. The molecule has 0 spiro atoms. The summed E-state index contributed by atoms with van der Waals surface area (Å²) < 4.78 is 30.3. The molecule has 0 aromatic carbocycles. The lowest BCUT2D eigenvalue weighted by Gasteiger charge is -2.00. The van der Waals surface area contributed by atoms with Gasteiger partial charge in [0, 0.05) is 11.1 Å². The van der Waals surface area contributed by atoms with E-state index in [2.05, 4.69) is 10.0 Å². The normalized spacial score (nSPS) is 11.6. The van der Waals surface area contributed by atoms with Gasteiger partial charge in [0.25, 0.3) is 10.0 Å². The van der Waals surface area contributed by atoms with Gasteiger partial charge < -0.3 is 9.73 Å². The first kappa shape index (κ1) is 12.2. The second-order valence-electron chi connectivity index (χ2n) is 3.29. The van der Waals surface area contributed by atoms with Crippen LogP contribution in [0.15, 0.2) is 38.5 Å². The molecule has 0 fully saturated rings. The Morgan fingerprint density at radius 2 is 2.18 bits per heavy atom. The zero-order valence-corrected chi connectivity index (χ0v) is 10.8.